The Bertz CT molecular complexity index is 734. The van der Waals surface area contributed by atoms with Gasteiger partial charge < -0.3 is 19.5 Å². The molecule has 2 rings (SSSR count). The molecule has 0 bridgehead atoms. The number of aryl methyl sites for hydroxylation is 1. The second-order valence-corrected chi connectivity index (χ2v) is 7.46. The zero-order valence-corrected chi connectivity index (χ0v) is 18.1. The molecule has 2 aromatic carbocycles. The highest BCUT2D eigenvalue weighted by atomic mass is 35.5. The highest BCUT2D eigenvalue weighted by molar-refractivity contribution is 6.31. The van der Waals surface area contributed by atoms with Crippen LogP contribution in [0.5, 0.6) is 11.5 Å². The van der Waals surface area contributed by atoms with Gasteiger partial charge in [-0.05, 0) is 57.9 Å². The Balaban J connectivity index is 1.96. The molecule has 0 aliphatic carbocycles. The van der Waals surface area contributed by atoms with E-state index in [0.717, 1.165) is 36.4 Å². The zero-order chi connectivity index (χ0) is 20.4. The smallest absolute Gasteiger partial charge is 0.163 e. The summed E-state index contributed by atoms with van der Waals surface area (Å²) in [7, 11) is 0. The molecule has 0 aliphatic rings. The Morgan fingerprint density at radius 2 is 1.86 bits per heavy atom. The molecule has 0 aromatic heterocycles. The first-order chi connectivity index (χ1) is 13.5. The van der Waals surface area contributed by atoms with Crippen LogP contribution in [0.4, 0.5) is 0 Å². The van der Waals surface area contributed by atoms with Crippen molar-refractivity contribution in [3.63, 3.8) is 0 Å². The molecule has 0 amide bonds. The van der Waals surface area contributed by atoms with Crippen molar-refractivity contribution >= 4 is 11.6 Å². The minimum Gasteiger partial charge on any atom is -0.490 e. The van der Waals surface area contributed by atoms with Crippen molar-refractivity contribution in [3.05, 3.63) is 58.1 Å². The van der Waals surface area contributed by atoms with Gasteiger partial charge in [0.1, 0.15) is 6.61 Å². The minimum absolute atomic E-state index is 0.274. The standard InChI is InChI=1S/C23H32ClNO3/c1-5-26-22-13-20(15-25-10-7-11-27-17(2)3)21(24)14-23(22)28-16-19-9-6-8-18(4)12-19/h6,8-9,12-14,17,25H,5,7,10-11,15-16H2,1-4H3. The molecular weight excluding hydrogens is 374 g/mol. The molecule has 0 spiro atoms. The quantitative estimate of drug-likeness (QED) is 0.471. The number of ether oxygens (including phenoxy) is 3. The number of hydrogen-bond donors (Lipinski definition) is 1. The summed E-state index contributed by atoms with van der Waals surface area (Å²) in [6.07, 6.45) is 1.24. The van der Waals surface area contributed by atoms with Crippen molar-refractivity contribution in [2.24, 2.45) is 0 Å². The normalized spacial score (nSPS) is 11.1. The van der Waals surface area contributed by atoms with Gasteiger partial charge in [0.05, 0.1) is 12.7 Å². The number of nitrogens with one attached hydrogen (secondary N) is 1. The molecule has 0 heterocycles. The third-order valence-corrected chi connectivity index (χ3v) is 4.51. The lowest BCUT2D eigenvalue weighted by Crippen LogP contribution is -2.17. The summed E-state index contributed by atoms with van der Waals surface area (Å²) < 4.78 is 17.3. The van der Waals surface area contributed by atoms with E-state index in [1.807, 2.05) is 39.0 Å². The number of rotatable bonds is 12. The van der Waals surface area contributed by atoms with Gasteiger partial charge in [0.2, 0.25) is 0 Å². The first kappa shape index (κ1) is 22.5. The van der Waals surface area contributed by atoms with E-state index in [9.17, 15) is 0 Å². The molecule has 1 N–H and O–H groups in total. The summed E-state index contributed by atoms with van der Waals surface area (Å²) in [6, 6.07) is 12.1. The highest BCUT2D eigenvalue weighted by Crippen LogP contribution is 2.34. The minimum atomic E-state index is 0.274. The van der Waals surface area contributed by atoms with Crippen LogP contribution in [-0.2, 0) is 17.9 Å². The van der Waals surface area contributed by atoms with Crippen LogP contribution in [-0.4, -0.2) is 25.9 Å². The molecule has 0 saturated carbocycles. The third-order valence-electron chi connectivity index (χ3n) is 4.15. The van der Waals surface area contributed by atoms with E-state index in [-0.39, 0.29) is 6.10 Å². The van der Waals surface area contributed by atoms with Crippen molar-refractivity contribution in [2.75, 3.05) is 19.8 Å². The van der Waals surface area contributed by atoms with Gasteiger partial charge in [-0.25, -0.2) is 0 Å². The Hall–Kier alpha value is -1.75. The maximum absolute atomic E-state index is 6.49. The molecule has 28 heavy (non-hydrogen) atoms. The number of hydrogen-bond acceptors (Lipinski definition) is 4. The van der Waals surface area contributed by atoms with Crippen molar-refractivity contribution in [1.29, 1.82) is 0 Å². The van der Waals surface area contributed by atoms with Crippen molar-refractivity contribution in [1.82, 2.24) is 5.32 Å². The van der Waals surface area contributed by atoms with E-state index in [1.54, 1.807) is 0 Å². The second-order valence-electron chi connectivity index (χ2n) is 7.05. The SMILES string of the molecule is CCOc1cc(CNCCCOC(C)C)c(Cl)cc1OCc1cccc(C)c1. The van der Waals surface area contributed by atoms with E-state index in [4.69, 9.17) is 25.8 Å². The monoisotopic (exact) mass is 405 g/mol. The summed E-state index contributed by atoms with van der Waals surface area (Å²) in [4.78, 5) is 0. The number of halogens is 1. The number of benzene rings is 2. The van der Waals surface area contributed by atoms with Crippen molar-refractivity contribution in [3.8, 4) is 11.5 Å². The van der Waals surface area contributed by atoms with Gasteiger partial charge >= 0.3 is 0 Å². The average Bonchev–Trinajstić information content (AvgIpc) is 2.65. The fourth-order valence-electron chi connectivity index (χ4n) is 2.80. The maximum Gasteiger partial charge on any atom is 0.163 e. The molecule has 0 aliphatic heterocycles. The first-order valence-corrected chi connectivity index (χ1v) is 10.3. The van der Waals surface area contributed by atoms with E-state index in [2.05, 4.69) is 30.4 Å². The van der Waals surface area contributed by atoms with Gasteiger partial charge in [0, 0.05) is 24.2 Å². The molecule has 0 saturated heterocycles. The van der Waals surface area contributed by atoms with Crippen LogP contribution in [0.15, 0.2) is 36.4 Å². The highest BCUT2D eigenvalue weighted by Gasteiger charge is 2.11. The topological polar surface area (TPSA) is 39.7 Å². The maximum atomic E-state index is 6.49. The van der Waals surface area contributed by atoms with Gasteiger partial charge in [0.15, 0.2) is 11.5 Å². The van der Waals surface area contributed by atoms with Crippen molar-refractivity contribution < 1.29 is 14.2 Å². The van der Waals surface area contributed by atoms with Crippen LogP contribution in [0.2, 0.25) is 5.02 Å². The van der Waals surface area contributed by atoms with Crippen molar-refractivity contribution in [2.45, 2.75) is 53.4 Å². The molecule has 0 radical (unpaired) electrons. The molecule has 4 nitrogen and oxygen atoms in total. The van der Waals surface area contributed by atoms with E-state index in [0.29, 0.717) is 30.5 Å². The molecule has 2 aromatic rings. The third kappa shape index (κ3) is 7.70. The lowest BCUT2D eigenvalue weighted by molar-refractivity contribution is 0.0770. The summed E-state index contributed by atoms with van der Waals surface area (Å²) in [5, 5.41) is 4.08. The van der Waals surface area contributed by atoms with Crippen LogP contribution in [0.3, 0.4) is 0 Å². The Kier molecular flexibility index (Phi) is 9.62. The molecule has 154 valence electrons. The van der Waals surface area contributed by atoms with Crippen LogP contribution in [0.25, 0.3) is 0 Å². The van der Waals surface area contributed by atoms with Gasteiger partial charge in [0.25, 0.3) is 0 Å². The largest absolute Gasteiger partial charge is 0.490 e. The Labute approximate surface area is 174 Å². The fourth-order valence-corrected chi connectivity index (χ4v) is 3.02. The molecule has 0 unspecified atom stereocenters. The van der Waals surface area contributed by atoms with Gasteiger partial charge in [-0.3, -0.25) is 0 Å². The van der Waals surface area contributed by atoms with Gasteiger partial charge in [-0.15, -0.1) is 0 Å². The predicted molar refractivity (Wildman–Crippen MR) is 116 cm³/mol. The zero-order valence-electron chi connectivity index (χ0n) is 17.4. The summed E-state index contributed by atoms with van der Waals surface area (Å²) in [6.45, 7) is 11.5. The lowest BCUT2D eigenvalue weighted by atomic mass is 10.1. The lowest BCUT2D eigenvalue weighted by Gasteiger charge is -2.15. The fraction of sp³-hybridized carbons (Fsp3) is 0.478. The summed E-state index contributed by atoms with van der Waals surface area (Å²) in [5.74, 6) is 1.39. The van der Waals surface area contributed by atoms with E-state index < -0.39 is 0 Å². The first-order valence-electron chi connectivity index (χ1n) is 9.95. The molecule has 0 fully saturated rings. The van der Waals surface area contributed by atoms with Crippen LogP contribution in [0.1, 0.15) is 43.9 Å². The van der Waals surface area contributed by atoms with Crippen LogP contribution >= 0.6 is 11.6 Å². The van der Waals surface area contributed by atoms with E-state index >= 15 is 0 Å². The molecule has 5 heteroatoms. The summed E-state index contributed by atoms with van der Waals surface area (Å²) >= 11 is 6.49. The van der Waals surface area contributed by atoms with E-state index in [1.165, 1.54) is 5.56 Å². The molecule has 0 atom stereocenters. The van der Waals surface area contributed by atoms with Gasteiger partial charge in [-0.1, -0.05) is 41.4 Å². The van der Waals surface area contributed by atoms with Gasteiger partial charge in [-0.2, -0.15) is 0 Å². The van der Waals surface area contributed by atoms with Crippen LogP contribution < -0.4 is 14.8 Å². The van der Waals surface area contributed by atoms with Crippen LogP contribution in [0, 0.1) is 6.92 Å². The Morgan fingerprint density at radius 3 is 2.57 bits per heavy atom. The second kappa shape index (κ2) is 11.9. The Morgan fingerprint density at radius 1 is 1.07 bits per heavy atom. The summed E-state index contributed by atoms with van der Waals surface area (Å²) in [5.41, 5.74) is 3.33. The predicted octanol–water partition coefficient (Wildman–Crippen LogP) is 5.53. The molecular formula is C23H32ClNO3. The average molecular weight is 406 g/mol.